The number of carbonyl (C=O) groups excluding carboxylic acids is 1. The van der Waals surface area contributed by atoms with Gasteiger partial charge >= 0.3 is 0 Å². The third-order valence-corrected chi connectivity index (χ3v) is 5.78. The zero-order chi connectivity index (χ0) is 20.2. The lowest BCUT2D eigenvalue weighted by Crippen LogP contribution is -2.16. The predicted octanol–water partition coefficient (Wildman–Crippen LogP) is 4.98. The molecule has 0 radical (unpaired) electrons. The van der Waals surface area contributed by atoms with Crippen LogP contribution in [0.2, 0.25) is 0 Å². The minimum Gasteiger partial charge on any atom is -0.305 e. The van der Waals surface area contributed by atoms with Gasteiger partial charge < -0.3 is 4.57 Å². The third-order valence-electron chi connectivity index (χ3n) is 4.74. The molecule has 0 unspecified atom stereocenters. The molecule has 0 saturated heterocycles. The highest BCUT2D eigenvalue weighted by atomic mass is 32.1. The van der Waals surface area contributed by atoms with Crippen LogP contribution in [-0.2, 0) is 13.0 Å². The standard InChI is InChI=1S/C25H20N2OS/c1-3-15-27-22-14-9-18(2)16-23(22)29-25(27)26-24(28)21-12-10-20(11-13-21)17-19-7-5-4-6-8-19/h1,4-14,16H,15,17H2,2H3. The summed E-state index contributed by atoms with van der Waals surface area (Å²) in [5, 5.41) is 0. The third kappa shape index (κ3) is 4.21. The van der Waals surface area contributed by atoms with Crippen LogP contribution in [0.25, 0.3) is 10.2 Å². The molecule has 0 aliphatic rings. The van der Waals surface area contributed by atoms with E-state index in [1.165, 1.54) is 22.5 Å². The van der Waals surface area contributed by atoms with Crippen LogP contribution in [0.1, 0.15) is 27.0 Å². The Morgan fingerprint density at radius 2 is 1.76 bits per heavy atom. The quantitative estimate of drug-likeness (QED) is 0.448. The molecule has 0 aliphatic carbocycles. The van der Waals surface area contributed by atoms with E-state index in [0.29, 0.717) is 16.9 Å². The molecular weight excluding hydrogens is 376 g/mol. The number of hydrogen-bond donors (Lipinski definition) is 0. The van der Waals surface area contributed by atoms with Crippen molar-refractivity contribution in [2.45, 2.75) is 19.9 Å². The van der Waals surface area contributed by atoms with Crippen molar-refractivity contribution in [3.05, 3.63) is 99.9 Å². The summed E-state index contributed by atoms with van der Waals surface area (Å²) < 4.78 is 2.99. The number of nitrogens with zero attached hydrogens (tertiary/aromatic N) is 2. The van der Waals surface area contributed by atoms with E-state index >= 15 is 0 Å². The van der Waals surface area contributed by atoms with Crippen molar-refractivity contribution >= 4 is 27.5 Å². The zero-order valence-electron chi connectivity index (χ0n) is 16.1. The fraction of sp³-hybridized carbons (Fsp3) is 0.120. The lowest BCUT2D eigenvalue weighted by atomic mass is 10.0. The van der Waals surface area contributed by atoms with E-state index in [-0.39, 0.29) is 5.91 Å². The van der Waals surface area contributed by atoms with Crippen LogP contribution < -0.4 is 4.80 Å². The molecule has 29 heavy (non-hydrogen) atoms. The largest absolute Gasteiger partial charge is 0.305 e. The number of aromatic nitrogens is 1. The first-order valence-corrected chi connectivity index (χ1v) is 10.2. The van der Waals surface area contributed by atoms with E-state index in [0.717, 1.165) is 22.2 Å². The number of rotatable bonds is 4. The molecule has 3 aromatic carbocycles. The zero-order valence-corrected chi connectivity index (χ0v) is 16.9. The number of terminal acetylenes is 1. The fourth-order valence-corrected chi connectivity index (χ4v) is 4.38. The molecule has 0 N–H and O–H groups in total. The number of aryl methyl sites for hydroxylation is 1. The second-order valence-corrected chi connectivity index (χ2v) is 7.93. The molecule has 4 rings (SSSR count). The molecule has 4 aromatic rings. The Labute approximate surface area is 174 Å². The van der Waals surface area contributed by atoms with Crippen LogP contribution in [0, 0.1) is 19.3 Å². The highest BCUT2D eigenvalue weighted by Crippen LogP contribution is 2.19. The Bertz CT molecular complexity index is 1270. The molecule has 4 heteroatoms. The highest BCUT2D eigenvalue weighted by Gasteiger charge is 2.09. The van der Waals surface area contributed by atoms with Crippen molar-refractivity contribution in [3.8, 4) is 12.3 Å². The number of benzene rings is 3. The molecular formula is C25H20N2OS. The molecule has 0 atom stereocenters. The Kier molecular flexibility index (Phi) is 5.41. The normalized spacial score (nSPS) is 11.5. The highest BCUT2D eigenvalue weighted by molar-refractivity contribution is 7.16. The van der Waals surface area contributed by atoms with E-state index in [1.54, 1.807) is 0 Å². The summed E-state index contributed by atoms with van der Waals surface area (Å²) in [5.41, 5.74) is 5.14. The van der Waals surface area contributed by atoms with Gasteiger partial charge in [-0.05, 0) is 54.3 Å². The fourth-order valence-electron chi connectivity index (χ4n) is 3.26. The van der Waals surface area contributed by atoms with Gasteiger partial charge in [0, 0.05) is 5.56 Å². The van der Waals surface area contributed by atoms with Crippen LogP contribution in [0.4, 0.5) is 0 Å². The van der Waals surface area contributed by atoms with Gasteiger partial charge in [0.15, 0.2) is 4.80 Å². The molecule has 142 valence electrons. The molecule has 1 heterocycles. The summed E-state index contributed by atoms with van der Waals surface area (Å²) >= 11 is 1.49. The Morgan fingerprint density at radius 3 is 2.48 bits per heavy atom. The van der Waals surface area contributed by atoms with E-state index < -0.39 is 0 Å². The summed E-state index contributed by atoms with van der Waals surface area (Å²) in [6.07, 6.45) is 6.38. The lowest BCUT2D eigenvalue weighted by Gasteiger charge is -2.03. The summed E-state index contributed by atoms with van der Waals surface area (Å²) in [7, 11) is 0. The van der Waals surface area contributed by atoms with Gasteiger partial charge in [0.1, 0.15) is 0 Å². The molecule has 1 amide bonds. The van der Waals surface area contributed by atoms with Crippen molar-refractivity contribution in [2.75, 3.05) is 0 Å². The van der Waals surface area contributed by atoms with Crippen LogP contribution in [0.5, 0.6) is 0 Å². The maximum Gasteiger partial charge on any atom is 0.279 e. The summed E-state index contributed by atoms with van der Waals surface area (Å²) in [6.45, 7) is 2.43. The van der Waals surface area contributed by atoms with Gasteiger partial charge in [-0.25, -0.2) is 0 Å². The monoisotopic (exact) mass is 396 g/mol. The van der Waals surface area contributed by atoms with Gasteiger partial charge in [0.2, 0.25) is 0 Å². The average molecular weight is 397 g/mol. The number of hydrogen-bond acceptors (Lipinski definition) is 2. The maximum absolute atomic E-state index is 12.8. The first kappa shape index (κ1) is 18.9. The van der Waals surface area contributed by atoms with E-state index in [4.69, 9.17) is 6.42 Å². The summed E-state index contributed by atoms with van der Waals surface area (Å²) in [4.78, 5) is 17.8. The maximum atomic E-state index is 12.8. The Morgan fingerprint density at radius 1 is 1.03 bits per heavy atom. The van der Waals surface area contributed by atoms with E-state index in [9.17, 15) is 4.79 Å². The van der Waals surface area contributed by atoms with Gasteiger partial charge in [-0.3, -0.25) is 4.79 Å². The SMILES string of the molecule is C#CCn1c(=NC(=O)c2ccc(Cc3ccccc3)cc2)sc2cc(C)ccc21. The van der Waals surface area contributed by atoms with Gasteiger partial charge in [0.05, 0.1) is 16.8 Å². The topological polar surface area (TPSA) is 34.4 Å². The Hall–Kier alpha value is -3.42. The molecule has 3 nitrogen and oxygen atoms in total. The summed E-state index contributed by atoms with van der Waals surface area (Å²) in [6, 6.07) is 24.1. The molecule has 0 aliphatic heterocycles. The number of thiazole rings is 1. The second-order valence-electron chi connectivity index (χ2n) is 6.92. The van der Waals surface area contributed by atoms with Crippen molar-refractivity contribution in [1.82, 2.24) is 4.57 Å². The van der Waals surface area contributed by atoms with Crippen LogP contribution in [0.15, 0.2) is 77.8 Å². The van der Waals surface area contributed by atoms with Crippen molar-refractivity contribution in [1.29, 1.82) is 0 Å². The van der Waals surface area contributed by atoms with Crippen molar-refractivity contribution in [3.63, 3.8) is 0 Å². The number of carbonyl (C=O) groups is 1. The molecule has 0 spiro atoms. The van der Waals surface area contributed by atoms with Crippen LogP contribution in [0.3, 0.4) is 0 Å². The Balaban J connectivity index is 1.64. The average Bonchev–Trinajstić information content (AvgIpc) is 3.05. The molecule has 0 bridgehead atoms. The smallest absolute Gasteiger partial charge is 0.279 e. The first-order valence-electron chi connectivity index (χ1n) is 9.39. The van der Waals surface area contributed by atoms with Crippen LogP contribution >= 0.6 is 11.3 Å². The number of amides is 1. The predicted molar refractivity (Wildman–Crippen MR) is 119 cm³/mol. The van der Waals surface area contributed by atoms with Gasteiger partial charge in [-0.15, -0.1) is 6.42 Å². The summed E-state index contributed by atoms with van der Waals surface area (Å²) in [5.74, 6) is 2.40. The number of fused-ring (bicyclic) bond motifs is 1. The minimum atomic E-state index is -0.259. The molecule has 0 saturated carbocycles. The second kappa shape index (κ2) is 8.30. The minimum absolute atomic E-state index is 0.259. The van der Waals surface area contributed by atoms with Gasteiger partial charge in [-0.1, -0.05) is 65.8 Å². The van der Waals surface area contributed by atoms with Crippen molar-refractivity contribution < 1.29 is 4.79 Å². The van der Waals surface area contributed by atoms with Gasteiger partial charge in [-0.2, -0.15) is 4.99 Å². The lowest BCUT2D eigenvalue weighted by molar-refractivity contribution is 0.0998. The van der Waals surface area contributed by atoms with Crippen LogP contribution in [-0.4, -0.2) is 10.5 Å². The van der Waals surface area contributed by atoms with E-state index in [1.807, 2.05) is 66.1 Å². The van der Waals surface area contributed by atoms with Crippen molar-refractivity contribution in [2.24, 2.45) is 4.99 Å². The molecule has 0 fully saturated rings. The first-order chi connectivity index (χ1) is 14.1. The van der Waals surface area contributed by atoms with E-state index in [2.05, 4.69) is 29.1 Å². The molecule has 1 aromatic heterocycles. The van der Waals surface area contributed by atoms with Gasteiger partial charge in [0.25, 0.3) is 5.91 Å².